The third kappa shape index (κ3) is 3.37. The van der Waals surface area contributed by atoms with Crippen molar-refractivity contribution in [1.82, 2.24) is 5.32 Å². The maximum atomic E-state index is 12.5. The molecule has 0 bridgehead atoms. The molecule has 1 aromatic carbocycles. The quantitative estimate of drug-likeness (QED) is 0.806. The van der Waals surface area contributed by atoms with Gasteiger partial charge in [-0.05, 0) is 32.0 Å². The van der Waals surface area contributed by atoms with Crippen molar-refractivity contribution in [2.45, 2.75) is 19.8 Å². The van der Waals surface area contributed by atoms with Crippen LogP contribution in [-0.4, -0.2) is 40.4 Å². The molecular formula is C19H23NO6. The zero-order valence-corrected chi connectivity index (χ0v) is 15.8. The monoisotopic (exact) mass is 361 g/mol. The molecule has 0 aromatic heterocycles. The average molecular weight is 361 g/mol. The number of nitrogens with one attached hydrogen (secondary N) is 1. The third-order valence-corrected chi connectivity index (χ3v) is 4.32. The molecule has 1 N–H and O–H groups in total. The molecule has 0 saturated heterocycles. The van der Waals surface area contributed by atoms with E-state index in [9.17, 15) is 9.59 Å². The fourth-order valence-electron chi connectivity index (χ4n) is 3.13. The van der Waals surface area contributed by atoms with Gasteiger partial charge in [-0.3, -0.25) is 0 Å². The highest BCUT2D eigenvalue weighted by Crippen LogP contribution is 2.43. The summed E-state index contributed by atoms with van der Waals surface area (Å²) in [6, 6.07) is 5.21. The van der Waals surface area contributed by atoms with Gasteiger partial charge >= 0.3 is 11.9 Å². The third-order valence-electron chi connectivity index (χ3n) is 4.32. The Morgan fingerprint density at radius 3 is 1.85 bits per heavy atom. The zero-order chi connectivity index (χ0) is 19.4. The Bertz CT molecular complexity index is 755. The summed E-state index contributed by atoms with van der Waals surface area (Å²) < 4.78 is 20.7. The number of dihydropyridines is 1. The molecule has 0 atom stereocenters. The Morgan fingerprint density at radius 1 is 0.885 bits per heavy atom. The lowest BCUT2D eigenvalue weighted by Crippen LogP contribution is -2.32. The summed E-state index contributed by atoms with van der Waals surface area (Å²) in [5.41, 5.74) is 2.41. The number of allylic oxidation sites excluding steroid dienone is 2. The van der Waals surface area contributed by atoms with E-state index >= 15 is 0 Å². The Balaban J connectivity index is 2.80. The SMILES string of the molecule is COC(=O)C1=C(C)NC(C)=C(C(=O)OC)C1c1cc(OC)ccc1OC. The highest BCUT2D eigenvalue weighted by atomic mass is 16.5. The second kappa shape index (κ2) is 7.95. The van der Waals surface area contributed by atoms with Crippen LogP contribution in [0.4, 0.5) is 0 Å². The minimum Gasteiger partial charge on any atom is -0.497 e. The summed E-state index contributed by atoms with van der Waals surface area (Å²) in [6.07, 6.45) is 0. The number of esters is 2. The summed E-state index contributed by atoms with van der Waals surface area (Å²) in [7, 11) is 5.66. The molecule has 0 radical (unpaired) electrons. The number of methoxy groups -OCH3 is 4. The predicted octanol–water partition coefficient (Wildman–Crippen LogP) is 2.28. The molecule has 26 heavy (non-hydrogen) atoms. The number of hydrogen-bond donors (Lipinski definition) is 1. The van der Waals surface area contributed by atoms with Gasteiger partial charge in [0.25, 0.3) is 0 Å². The van der Waals surface area contributed by atoms with Crippen molar-refractivity contribution in [3.05, 3.63) is 46.3 Å². The maximum absolute atomic E-state index is 12.5. The van der Waals surface area contributed by atoms with Crippen LogP contribution in [0.2, 0.25) is 0 Å². The molecule has 0 aliphatic carbocycles. The molecule has 2 rings (SSSR count). The van der Waals surface area contributed by atoms with Crippen molar-refractivity contribution in [1.29, 1.82) is 0 Å². The van der Waals surface area contributed by atoms with Crippen LogP contribution in [0, 0.1) is 0 Å². The van der Waals surface area contributed by atoms with Gasteiger partial charge in [0.2, 0.25) is 0 Å². The van der Waals surface area contributed by atoms with Gasteiger partial charge in [-0.1, -0.05) is 0 Å². The van der Waals surface area contributed by atoms with E-state index in [2.05, 4.69) is 5.32 Å². The number of benzene rings is 1. The summed E-state index contributed by atoms with van der Waals surface area (Å²) in [5.74, 6) is -0.720. The van der Waals surface area contributed by atoms with E-state index in [0.29, 0.717) is 39.6 Å². The first kappa shape index (κ1) is 19.4. The normalized spacial score (nSPS) is 14.7. The second-order valence-corrected chi connectivity index (χ2v) is 5.73. The number of hydrogen-bond acceptors (Lipinski definition) is 7. The van der Waals surface area contributed by atoms with E-state index in [4.69, 9.17) is 18.9 Å². The summed E-state index contributed by atoms with van der Waals surface area (Å²) >= 11 is 0. The van der Waals surface area contributed by atoms with Gasteiger partial charge in [0.15, 0.2) is 0 Å². The maximum Gasteiger partial charge on any atom is 0.336 e. The Kier molecular flexibility index (Phi) is 5.92. The van der Waals surface area contributed by atoms with Crippen LogP contribution in [0.1, 0.15) is 25.3 Å². The number of carbonyl (C=O) groups excluding carboxylic acids is 2. The highest BCUT2D eigenvalue weighted by molar-refractivity contribution is 6.00. The van der Waals surface area contributed by atoms with Crippen molar-refractivity contribution in [2.75, 3.05) is 28.4 Å². The Hall–Kier alpha value is -2.96. The van der Waals surface area contributed by atoms with Crippen molar-refractivity contribution >= 4 is 11.9 Å². The topological polar surface area (TPSA) is 83.1 Å². The van der Waals surface area contributed by atoms with Crippen LogP contribution < -0.4 is 14.8 Å². The van der Waals surface area contributed by atoms with E-state index in [1.54, 1.807) is 39.2 Å². The molecule has 0 saturated carbocycles. The van der Waals surface area contributed by atoms with E-state index in [1.165, 1.54) is 21.3 Å². The second-order valence-electron chi connectivity index (χ2n) is 5.73. The van der Waals surface area contributed by atoms with Gasteiger partial charge in [0, 0.05) is 17.0 Å². The lowest BCUT2D eigenvalue weighted by atomic mass is 9.80. The van der Waals surface area contributed by atoms with Gasteiger partial charge in [-0.25, -0.2) is 9.59 Å². The Labute approximate surface area is 152 Å². The van der Waals surface area contributed by atoms with Gasteiger partial charge in [-0.15, -0.1) is 0 Å². The molecule has 0 fully saturated rings. The van der Waals surface area contributed by atoms with Gasteiger partial charge in [0.05, 0.1) is 45.5 Å². The van der Waals surface area contributed by atoms with Gasteiger partial charge < -0.3 is 24.3 Å². The smallest absolute Gasteiger partial charge is 0.336 e. The van der Waals surface area contributed by atoms with Crippen molar-refractivity contribution < 1.29 is 28.5 Å². The minimum absolute atomic E-state index is 0.310. The van der Waals surface area contributed by atoms with Gasteiger partial charge in [-0.2, -0.15) is 0 Å². The molecule has 0 amide bonds. The minimum atomic E-state index is -0.721. The molecule has 1 heterocycles. The van der Waals surface area contributed by atoms with Crippen molar-refractivity contribution in [3.8, 4) is 11.5 Å². The molecule has 7 heteroatoms. The molecule has 0 unspecified atom stereocenters. The molecular weight excluding hydrogens is 338 g/mol. The van der Waals surface area contributed by atoms with Crippen molar-refractivity contribution in [3.63, 3.8) is 0 Å². The summed E-state index contributed by atoms with van der Waals surface area (Å²) in [4.78, 5) is 25.0. The first-order valence-corrected chi connectivity index (χ1v) is 7.96. The van der Waals surface area contributed by atoms with E-state index < -0.39 is 17.9 Å². The summed E-state index contributed by atoms with van der Waals surface area (Å²) in [6.45, 7) is 3.51. The van der Waals surface area contributed by atoms with E-state index in [1.807, 2.05) is 0 Å². The molecule has 7 nitrogen and oxygen atoms in total. The van der Waals surface area contributed by atoms with Crippen LogP contribution >= 0.6 is 0 Å². The first-order valence-electron chi connectivity index (χ1n) is 7.96. The van der Waals surface area contributed by atoms with Gasteiger partial charge in [0.1, 0.15) is 11.5 Å². The standard InChI is InChI=1S/C19H23NO6/c1-10-15(18(21)25-5)17(16(11(2)20-10)19(22)26-6)13-9-12(23-3)7-8-14(13)24-4/h7-9,17,20H,1-6H3. The average Bonchev–Trinajstić information content (AvgIpc) is 2.65. The number of ether oxygens (including phenoxy) is 4. The molecule has 140 valence electrons. The predicted molar refractivity (Wildman–Crippen MR) is 94.9 cm³/mol. The summed E-state index contributed by atoms with van der Waals surface area (Å²) in [5, 5.41) is 3.06. The molecule has 1 aliphatic heterocycles. The first-order chi connectivity index (χ1) is 12.4. The fraction of sp³-hybridized carbons (Fsp3) is 0.368. The number of rotatable bonds is 5. The van der Waals surface area contributed by atoms with E-state index in [-0.39, 0.29) is 0 Å². The highest BCUT2D eigenvalue weighted by Gasteiger charge is 2.39. The lowest BCUT2D eigenvalue weighted by molar-refractivity contribution is -0.137. The zero-order valence-electron chi connectivity index (χ0n) is 15.8. The van der Waals surface area contributed by atoms with Crippen LogP contribution in [-0.2, 0) is 19.1 Å². The Morgan fingerprint density at radius 2 is 1.42 bits per heavy atom. The van der Waals surface area contributed by atoms with Crippen molar-refractivity contribution in [2.24, 2.45) is 0 Å². The van der Waals surface area contributed by atoms with Crippen LogP contribution in [0.5, 0.6) is 11.5 Å². The largest absolute Gasteiger partial charge is 0.497 e. The molecule has 0 spiro atoms. The van der Waals surface area contributed by atoms with Crippen LogP contribution in [0.3, 0.4) is 0 Å². The fourth-order valence-corrected chi connectivity index (χ4v) is 3.13. The number of carbonyl (C=O) groups is 2. The van der Waals surface area contributed by atoms with Crippen LogP contribution in [0.15, 0.2) is 40.7 Å². The lowest BCUT2D eigenvalue weighted by Gasteiger charge is -2.30. The molecule has 1 aromatic rings. The molecule has 1 aliphatic rings. The van der Waals surface area contributed by atoms with Crippen LogP contribution in [0.25, 0.3) is 0 Å². The van der Waals surface area contributed by atoms with E-state index in [0.717, 1.165) is 0 Å².